The van der Waals surface area contributed by atoms with E-state index in [-0.39, 0.29) is 11.7 Å². The van der Waals surface area contributed by atoms with Crippen molar-refractivity contribution < 1.29 is 4.79 Å². The maximum Gasteiger partial charge on any atom is 0.177 e. The van der Waals surface area contributed by atoms with Crippen LogP contribution in [-0.4, -0.2) is 16.1 Å². The van der Waals surface area contributed by atoms with E-state index in [9.17, 15) is 4.79 Å². The molecule has 0 amide bonds. The Balaban J connectivity index is 1.82. The van der Waals surface area contributed by atoms with Crippen LogP contribution in [0.5, 0.6) is 0 Å². The predicted octanol–water partition coefficient (Wildman–Crippen LogP) is 4.22. The van der Waals surface area contributed by atoms with Gasteiger partial charge in [-0.2, -0.15) is 0 Å². The number of nitrogens with zero attached hydrogens (tertiary/aromatic N) is 1. The van der Waals surface area contributed by atoms with E-state index < -0.39 is 5.38 Å². The van der Waals surface area contributed by atoms with Gasteiger partial charge in [-0.25, -0.2) is 0 Å². The molecule has 0 N–H and O–H groups in total. The molecule has 21 heavy (non-hydrogen) atoms. The minimum atomic E-state index is -0.524. The predicted molar refractivity (Wildman–Crippen MR) is 85.3 cm³/mol. The van der Waals surface area contributed by atoms with Crippen molar-refractivity contribution in [2.45, 2.75) is 24.1 Å². The summed E-state index contributed by atoms with van der Waals surface area (Å²) in [6.07, 6.45) is 5.30. The number of halogens is 1. The normalized spacial score (nSPS) is 24.2. The third-order valence-corrected chi connectivity index (χ3v) is 4.36. The molecule has 1 aromatic carbocycles. The molecule has 106 valence electrons. The highest BCUT2D eigenvalue weighted by Crippen LogP contribution is 2.36. The summed E-state index contributed by atoms with van der Waals surface area (Å²) in [7, 11) is 0. The summed E-state index contributed by atoms with van der Waals surface area (Å²) in [5.41, 5.74) is 2.76. The van der Waals surface area contributed by atoms with Gasteiger partial charge in [-0.3, -0.25) is 9.78 Å². The number of ketones is 1. The number of pyridine rings is 1. The van der Waals surface area contributed by atoms with Gasteiger partial charge in [0, 0.05) is 17.8 Å². The van der Waals surface area contributed by atoms with Crippen LogP contribution in [0.25, 0.3) is 6.08 Å². The van der Waals surface area contributed by atoms with Crippen LogP contribution in [0.15, 0.2) is 60.3 Å². The van der Waals surface area contributed by atoms with Crippen LogP contribution in [-0.2, 0) is 4.79 Å². The van der Waals surface area contributed by atoms with E-state index in [1.165, 1.54) is 0 Å². The summed E-state index contributed by atoms with van der Waals surface area (Å²) in [6, 6.07) is 15.6. The number of rotatable bonds is 2. The van der Waals surface area contributed by atoms with E-state index >= 15 is 0 Å². The van der Waals surface area contributed by atoms with Gasteiger partial charge in [0.25, 0.3) is 0 Å². The van der Waals surface area contributed by atoms with Crippen molar-refractivity contribution in [2.75, 3.05) is 0 Å². The van der Waals surface area contributed by atoms with Gasteiger partial charge in [-0.05, 0) is 42.2 Å². The Morgan fingerprint density at radius 1 is 1.10 bits per heavy atom. The van der Waals surface area contributed by atoms with E-state index in [0.717, 1.165) is 29.7 Å². The van der Waals surface area contributed by atoms with Crippen molar-refractivity contribution in [1.82, 2.24) is 4.98 Å². The Morgan fingerprint density at radius 3 is 2.57 bits per heavy atom. The lowest BCUT2D eigenvalue weighted by atomic mass is 9.81. The first kappa shape index (κ1) is 14.0. The third-order valence-electron chi connectivity index (χ3n) is 3.85. The summed E-state index contributed by atoms with van der Waals surface area (Å²) < 4.78 is 0. The van der Waals surface area contributed by atoms with Gasteiger partial charge in [-0.15, -0.1) is 11.6 Å². The first-order valence-electron chi connectivity index (χ1n) is 7.10. The molecule has 1 aliphatic carbocycles. The topological polar surface area (TPSA) is 30.0 Å². The number of allylic oxidation sites excluding steroid dienone is 1. The molecule has 1 heterocycles. The molecular weight excluding hydrogens is 282 g/mol. The Kier molecular flexibility index (Phi) is 4.16. The van der Waals surface area contributed by atoms with E-state index in [0.29, 0.717) is 0 Å². The zero-order valence-electron chi connectivity index (χ0n) is 11.6. The molecule has 0 radical (unpaired) electrons. The average molecular weight is 298 g/mol. The molecule has 2 atom stereocenters. The maximum absolute atomic E-state index is 12.5. The highest BCUT2D eigenvalue weighted by molar-refractivity contribution is 6.35. The van der Waals surface area contributed by atoms with Crippen molar-refractivity contribution in [3.05, 3.63) is 71.6 Å². The van der Waals surface area contributed by atoms with Crippen molar-refractivity contribution in [1.29, 1.82) is 0 Å². The molecule has 1 aliphatic rings. The third kappa shape index (κ3) is 3.06. The Labute approximate surface area is 129 Å². The minimum absolute atomic E-state index is 0.00768. The summed E-state index contributed by atoms with van der Waals surface area (Å²) in [5.74, 6) is 0.0377. The van der Waals surface area contributed by atoms with E-state index in [2.05, 4.69) is 4.98 Å². The number of hydrogen-bond donors (Lipinski definition) is 0. The molecule has 2 aromatic rings. The Hall–Kier alpha value is -1.93. The minimum Gasteiger partial charge on any atom is -0.293 e. The SMILES string of the molecule is O=C1C(=Cc2ccccc2)CCC(c2ccccn2)C1Cl. The Morgan fingerprint density at radius 2 is 1.86 bits per heavy atom. The zero-order valence-corrected chi connectivity index (χ0v) is 12.3. The molecule has 2 nitrogen and oxygen atoms in total. The molecule has 2 unspecified atom stereocenters. The second-order valence-electron chi connectivity index (χ2n) is 5.25. The maximum atomic E-state index is 12.5. The molecule has 1 aromatic heterocycles. The number of aromatic nitrogens is 1. The number of carbonyl (C=O) groups is 1. The molecule has 0 aliphatic heterocycles. The van der Waals surface area contributed by atoms with Crippen molar-refractivity contribution >= 4 is 23.5 Å². The number of benzene rings is 1. The summed E-state index contributed by atoms with van der Waals surface area (Å²) >= 11 is 6.40. The number of alkyl halides is 1. The molecule has 3 rings (SSSR count). The van der Waals surface area contributed by atoms with Crippen molar-refractivity contribution in [2.24, 2.45) is 0 Å². The van der Waals surface area contributed by atoms with Crippen LogP contribution in [0.4, 0.5) is 0 Å². The highest BCUT2D eigenvalue weighted by atomic mass is 35.5. The van der Waals surface area contributed by atoms with Gasteiger partial charge in [0.1, 0.15) is 5.38 Å². The van der Waals surface area contributed by atoms with E-state index in [4.69, 9.17) is 11.6 Å². The lowest BCUT2D eigenvalue weighted by molar-refractivity contribution is -0.116. The van der Waals surface area contributed by atoms with Crippen LogP contribution in [0.1, 0.15) is 30.0 Å². The fraction of sp³-hybridized carbons (Fsp3) is 0.222. The number of hydrogen-bond acceptors (Lipinski definition) is 2. The molecule has 0 bridgehead atoms. The van der Waals surface area contributed by atoms with Crippen LogP contribution >= 0.6 is 11.6 Å². The van der Waals surface area contributed by atoms with Crippen molar-refractivity contribution in [3.63, 3.8) is 0 Å². The first-order valence-corrected chi connectivity index (χ1v) is 7.54. The summed E-state index contributed by atoms with van der Waals surface area (Å²) in [6.45, 7) is 0. The van der Waals surface area contributed by atoms with E-state index in [1.807, 2.05) is 54.6 Å². The standard InChI is InChI=1S/C18H16ClNO/c19-17-15(16-8-4-5-11-20-16)10-9-14(18(17)21)12-13-6-2-1-3-7-13/h1-8,11-12,15,17H,9-10H2. The van der Waals surface area contributed by atoms with Crippen LogP contribution < -0.4 is 0 Å². The van der Waals surface area contributed by atoms with Gasteiger partial charge < -0.3 is 0 Å². The lowest BCUT2D eigenvalue weighted by Crippen LogP contribution is -2.30. The lowest BCUT2D eigenvalue weighted by Gasteiger charge is -2.27. The van der Waals surface area contributed by atoms with E-state index in [1.54, 1.807) is 6.20 Å². The number of carbonyl (C=O) groups excluding carboxylic acids is 1. The van der Waals surface area contributed by atoms with Gasteiger partial charge >= 0.3 is 0 Å². The largest absolute Gasteiger partial charge is 0.293 e. The zero-order chi connectivity index (χ0) is 14.7. The molecule has 1 saturated carbocycles. The summed E-state index contributed by atoms with van der Waals surface area (Å²) in [4.78, 5) is 16.8. The van der Waals surface area contributed by atoms with Crippen LogP contribution in [0.2, 0.25) is 0 Å². The number of Topliss-reactive ketones (excluding diaryl/α,β-unsaturated/α-hetero) is 1. The van der Waals surface area contributed by atoms with Gasteiger partial charge in [0.05, 0.1) is 0 Å². The molecule has 0 saturated heterocycles. The molecule has 3 heteroatoms. The second-order valence-corrected chi connectivity index (χ2v) is 5.72. The smallest absolute Gasteiger partial charge is 0.177 e. The van der Waals surface area contributed by atoms with Crippen LogP contribution in [0.3, 0.4) is 0 Å². The molecule has 1 fully saturated rings. The van der Waals surface area contributed by atoms with Crippen LogP contribution in [0, 0.1) is 0 Å². The monoisotopic (exact) mass is 297 g/mol. The second kappa shape index (κ2) is 6.23. The fourth-order valence-electron chi connectivity index (χ4n) is 2.73. The average Bonchev–Trinajstić information content (AvgIpc) is 2.54. The first-order chi connectivity index (χ1) is 10.3. The molecule has 0 spiro atoms. The van der Waals surface area contributed by atoms with Gasteiger partial charge in [-0.1, -0.05) is 36.4 Å². The van der Waals surface area contributed by atoms with Gasteiger partial charge in [0.2, 0.25) is 0 Å². The van der Waals surface area contributed by atoms with Crippen molar-refractivity contribution in [3.8, 4) is 0 Å². The Bertz CT molecular complexity index is 651. The van der Waals surface area contributed by atoms with Gasteiger partial charge in [0.15, 0.2) is 5.78 Å². The quantitative estimate of drug-likeness (QED) is 0.613. The highest BCUT2D eigenvalue weighted by Gasteiger charge is 2.34. The summed E-state index contributed by atoms with van der Waals surface area (Å²) in [5, 5.41) is -0.524. The molecular formula is C18H16ClNO. The fourth-order valence-corrected chi connectivity index (χ4v) is 3.12.